The van der Waals surface area contributed by atoms with Crippen molar-refractivity contribution in [1.29, 1.82) is 0 Å². The molecule has 1 aromatic carbocycles. The van der Waals surface area contributed by atoms with Crippen molar-refractivity contribution in [2.24, 2.45) is 0 Å². The van der Waals surface area contributed by atoms with Gasteiger partial charge in [-0.3, -0.25) is 0 Å². The Kier molecular flexibility index (Phi) is 6.47. The fraction of sp³-hybridized carbons (Fsp3) is 0.125. The molecule has 0 fully saturated rings. The van der Waals surface area contributed by atoms with Gasteiger partial charge in [0.2, 0.25) is 0 Å². The zero-order chi connectivity index (χ0) is 6.69. The Bertz CT molecular complexity index is 198. The summed E-state index contributed by atoms with van der Waals surface area (Å²) in [6.45, 7) is 1.97. The molecule has 0 unspecified atom stereocenters. The van der Waals surface area contributed by atoms with Gasteiger partial charge < -0.3 is 0 Å². The first kappa shape index (κ1) is 11.2. The number of rotatable bonds is 1. The average molecular weight is 225 g/mol. The van der Waals surface area contributed by atoms with E-state index in [4.69, 9.17) is 11.6 Å². The summed E-state index contributed by atoms with van der Waals surface area (Å²) < 4.78 is 0. The minimum Gasteiger partial charge on any atom is -0.186 e. The van der Waals surface area contributed by atoms with E-state index in [9.17, 15) is 0 Å². The molecular weight excluding hydrogens is 217 g/mol. The fourth-order valence-electron chi connectivity index (χ4n) is 0.709. The molecule has 0 radical (unpaired) electrons. The molecule has 0 amide bonds. The minimum absolute atomic E-state index is 0. The summed E-state index contributed by atoms with van der Waals surface area (Å²) in [4.78, 5) is 0. The molecule has 0 saturated carbocycles. The quantitative estimate of drug-likeness (QED) is 0.586. The topological polar surface area (TPSA) is 0 Å². The number of benzene rings is 1. The molecule has 0 aliphatic heterocycles. The zero-order valence-corrected chi connectivity index (χ0v) is 11.9. The van der Waals surface area contributed by atoms with Crippen LogP contribution >= 0.6 is 11.6 Å². The van der Waals surface area contributed by atoms with Crippen molar-refractivity contribution in [2.75, 3.05) is 0 Å². The molecule has 1 rings (SSSR count). The van der Waals surface area contributed by atoms with Crippen LogP contribution in [0.3, 0.4) is 0 Å². The van der Waals surface area contributed by atoms with Gasteiger partial charge in [0, 0.05) is 0 Å². The van der Waals surface area contributed by atoms with E-state index in [0.717, 1.165) is 10.6 Å². The molecule has 1 aromatic rings. The summed E-state index contributed by atoms with van der Waals surface area (Å²) >= 11 is 5.79. The van der Waals surface area contributed by atoms with Gasteiger partial charge in [0.15, 0.2) is 0 Å². The monoisotopic (exact) mass is 224 g/mol. The van der Waals surface area contributed by atoms with Gasteiger partial charge in [-0.15, -0.1) is 12.1 Å². The van der Waals surface area contributed by atoms with Crippen LogP contribution in [0.25, 0.3) is 0 Å². The Morgan fingerprint density at radius 3 is 2.30 bits per heavy atom. The van der Waals surface area contributed by atoms with Crippen LogP contribution in [0.1, 0.15) is 12.5 Å². The third-order valence-corrected chi connectivity index (χ3v) is 1.56. The summed E-state index contributed by atoms with van der Waals surface area (Å²) in [6.07, 6.45) is 1.99. The van der Waals surface area contributed by atoms with E-state index in [1.54, 1.807) is 0 Å². The maximum Gasteiger partial charge on any atom is 1.00 e. The van der Waals surface area contributed by atoms with Gasteiger partial charge in [-0.25, -0.2) is 0 Å². The molecule has 0 N–H and O–H groups in total. The van der Waals surface area contributed by atoms with Crippen molar-refractivity contribution in [1.82, 2.24) is 0 Å². The number of hydrogen-bond acceptors (Lipinski definition) is 0. The van der Waals surface area contributed by atoms with Crippen LogP contribution in [-0.2, 0) is 0 Å². The second-order valence-corrected chi connectivity index (χ2v) is 2.22. The van der Waals surface area contributed by atoms with Crippen LogP contribution in [0.2, 0.25) is 5.02 Å². The van der Waals surface area contributed by atoms with E-state index in [0.29, 0.717) is 0 Å². The molecule has 0 atom stereocenters. The summed E-state index contributed by atoms with van der Waals surface area (Å²) in [5.41, 5.74) is 1.10. The van der Waals surface area contributed by atoms with E-state index >= 15 is 0 Å². The molecule has 0 heterocycles. The summed E-state index contributed by atoms with van der Waals surface area (Å²) in [7, 11) is 0. The van der Waals surface area contributed by atoms with Gasteiger partial charge in [0.25, 0.3) is 0 Å². The SMILES string of the molecule is C[CH-]c1ccccc1Cl.[Rb+]. The van der Waals surface area contributed by atoms with Gasteiger partial charge in [-0.2, -0.15) is 29.7 Å². The molecule has 0 nitrogen and oxygen atoms in total. The number of hydrogen-bond donors (Lipinski definition) is 0. The third-order valence-electron chi connectivity index (χ3n) is 1.22. The van der Waals surface area contributed by atoms with Crippen molar-refractivity contribution in [3.63, 3.8) is 0 Å². The summed E-state index contributed by atoms with van der Waals surface area (Å²) in [5.74, 6) is 0. The van der Waals surface area contributed by atoms with Crippen LogP contribution in [-0.4, -0.2) is 0 Å². The summed E-state index contributed by atoms with van der Waals surface area (Å²) in [5, 5.41) is 0.819. The van der Waals surface area contributed by atoms with E-state index in [2.05, 4.69) is 0 Å². The molecule has 0 bridgehead atoms. The van der Waals surface area contributed by atoms with Crippen LogP contribution in [0.15, 0.2) is 24.3 Å². The second-order valence-electron chi connectivity index (χ2n) is 1.81. The van der Waals surface area contributed by atoms with Gasteiger partial charge in [0.1, 0.15) is 0 Å². The molecule has 0 aliphatic rings. The van der Waals surface area contributed by atoms with Gasteiger partial charge in [-0.1, -0.05) is 18.0 Å². The average Bonchev–Trinajstić information content (AvgIpc) is 1.89. The van der Waals surface area contributed by atoms with Gasteiger partial charge in [0.05, 0.1) is 0 Å². The molecule has 0 aliphatic carbocycles. The first-order valence-electron chi connectivity index (χ1n) is 2.88. The van der Waals surface area contributed by atoms with Crippen LogP contribution in [0.4, 0.5) is 0 Å². The van der Waals surface area contributed by atoms with Crippen molar-refractivity contribution >= 4 is 11.6 Å². The molecule has 10 heavy (non-hydrogen) atoms. The van der Waals surface area contributed by atoms with E-state index in [-0.39, 0.29) is 58.2 Å². The van der Waals surface area contributed by atoms with Gasteiger partial charge >= 0.3 is 58.2 Å². The van der Waals surface area contributed by atoms with Crippen molar-refractivity contribution in [2.45, 2.75) is 6.92 Å². The Morgan fingerprint density at radius 1 is 1.30 bits per heavy atom. The van der Waals surface area contributed by atoms with Crippen molar-refractivity contribution in [3.8, 4) is 0 Å². The first-order valence-corrected chi connectivity index (χ1v) is 3.26. The van der Waals surface area contributed by atoms with Crippen LogP contribution in [0, 0.1) is 6.42 Å². The normalized spacial score (nSPS) is 8.20. The standard InChI is InChI=1S/C8H8Cl.Rb/c1-2-7-5-3-4-6-8(7)9;/h2-6H,1H3;/q-1;+1. The fourth-order valence-corrected chi connectivity index (χ4v) is 0.954. The van der Waals surface area contributed by atoms with Gasteiger partial charge in [-0.05, 0) is 0 Å². The second kappa shape index (κ2) is 5.79. The predicted molar refractivity (Wildman–Crippen MR) is 40.5 cm³/mol. The summed E-state index contributed by atoms with van der Waals surface area (Å²) in [6, 6.07) is 7.77. The predicted octanol–water partition coefficient (Wildman–Crippen LogP) is -0.0837. The molecule has 2 heteroatoms. The van der Waals surface area contributed by atoms with Crippen LogP contribution in [0.5, 0.6) is 0 Å². The maximum absolute atomic E-state index is 5.79. The van der Waals surface area contributed by atoms with Crippen molar-refractivity contribution in [3.05, 3.63) is 41.3 Å². The first-order chi connectivity index (χ1) is 4.34. The molecule has 48 valence electrons. The third kappa shape index (κ3) is 3.06. The molecule has 0 spiro atoms. The van der Waals surface area contributed by atoms with E-state index < -0.39 is 0 Å². The van der Waals surface area contributed by atoms with E-state index in [1.807, 2.05) is 37.6 Å². The largest absolute Gasteiger partial charge is 1.00 e. The minimum atomic E-state index is 0. The Labute approximate surface area is 116 Å². The molecular formula is C8H8ClRb. The smallest absolute Gasteiger partial charge is 0.186 e. The number of halogens is 1. The van der Waals surface area contributed by atoms with E-state index in [1.165, 1.54) is 0 Å². The van der Waals surface area contributed by atoms with Crippen LogP contribution < -0.4 is 58.2 Å². The Balaban J connectivity index is 0.000000810. The molecule has 0 aromatic heterocycles. The maximum atomic E-state index is 5.79. The van der Waals surface area contributed by atoms with Crippen molar-refractivity contribution < 1.29 is 58.2 Å². The Hall–Kier alpha value is 1.19. The Morgan fingerprint density at radius 2 is 1.90 bits per heavy atom. The zero-order valence-electron chi connectivity index (χ0n) is 6.26. The molecule has 0 saturated heterocycles.